The third-order valence-corrected chi connectivity index (χ3v) is 5.95. The molecule has 1 aliphatic heterocycles. The van der Waals surface area contributed by atoms with Crippen LogP contribution in [0.2, 0.25) is 0 Å². The molecule has 0 unspecified atom stereocenters. The van der Waals surface area contributed by atoms with Crippen molar-refractivity contribution < 1.29 is 9.53 Å². The molecule has 0 radical (unpaired) electrons. The van der Waals surface area contributed by atoms with E-state index in [2.05, 4.69) is 24.1 Å². The van der Waals surface area contributed by atoms with Crippen LogP contribution in [0.4, 0.5) is 5.95 Å². The fourth-order valence-corrected chi connectivity index (χ4v) is 4.59. The number of aromatic nitrogens is 2. The van der Waals surface area contributed by atoms with Crippen LogP contribution in [-0.4, -0.2) is 53.1 Å². The first-order chi connectivity index (χ1) is 12.1. The summed E-state index contributed by atoms with van der Waals surface area (Å²) in [5.74, 6) is 2.54. The molecule has 6 nitrogen and oxygen atoms in total. The quantitative estimate of drug-likeness (QED) is 0.909. The minimum Gasteiger partial charge on any atom is -0.378 e. The monoisotopic (exact) mass is 344 g/mol. The van der Waals surface area contributed by atoms with Gasteiger partial charge in [-0.1, -0.05) is 20.3 Å². The van der Waals surface area contributed by atoms with Crippen LogP contribution in [0.25, 0.3) is 0 Å². The first-order valence-electron chi connectivity index (χ1n) is 9.62. The zero-order valence-corrected chi connectivity index (χ0v) is 15.2. The second-order valence-electron chi connectivity index (χ2n) is 7.98. The van der Waals surface area contributed by atoms with Crippen molar-refractivity contribution in [1.82, 2.24) is 14.9 Å². The summed E-state index contributed by atoms with van der Waals surface area (Å²) in [5.41, 5.74) is 1.48. The second kappa shape index (κ2) is 6.90. The maximum absolute atomic E-state index is 12.9. The summed E-state index contributed by atoms with van der Waals surface area (Å²) in [6.07, 6.45) is 7.01. The van der Waals surface area contributed by atoms with Crippen molar-refractivity contribution in [2.24, 2.45) is 11.8 Å². The highest BCUT2D eigenvalue weighted by Crippen LogP contribution is 2.45. The highest BCUT2D eigenvalue weighted by molar-refractivity contribution is 5.95. The molecule has 1 aromatic heterocycles. The standard InChI is InChI=1S/C19H28N4O2/c1-12(2)17-15(18(24)23-5-7-25-8-6-23)11-20-19(22-17)21-16-10-13-3-4-14(16)9-13/h11-14,16H,3-10H2,1-2H3,(H,20,21,22)/t13-,14+,16-/m1/s1. The SMILES string of the molecule is CC(C)c1nc(N[C@@H]2C[C@@H]3CC[C@H]2C3)ncc1C(=O)N1CCOCC1. The molecule has 1 amide bonds. The molecule has 25 heavy (non-hydrogen) atoms. The maximum atomic E-state index is 12.9. The highest BCUT2D eigenvalue weighted by Gasteiger charge is 2.39. The number of amides is 1. The van der Waals surface area contributed by atoms with E-state index < -0.39 is 0 Å². The number of anilines is 1. The van der Waals surface area contributed by atoms with Gasteiger partial charge in [0.2, 0.25) is 5.95 Å². The van der Waals surface area contributed by atoms with Crippen LogP contribution in [0, 0.1) is 11.8 Å². The molecule has 136 valence electrons. The minimum atomic E-state index is 0.0264. The van der Waals surface area contributed by atoms with Crippen LogP contribution in [0.1, 0.15) is 61.5 Å². The third-order valence-electron chi connectivity index (χ3n) is 5.95. The largest absolute Gasteiger partial charge is 0.378 e. The number of morpholine rings is 1. The van der Waals surface area contributed by atoms with Gasteiger partial charge in [0.1, 0.15) is 0 Å². The molecule has 0 aromatic carbocycles. The molecule has 3 atom stereocenters. The zero-order chi connectivity index (χ0) is 17.4. The first kappa shape index (κ1) is 16.8. The van der Waals surface area contributed by atoms with Crippen LogP contribution in [-0.2, 0) is 4.74 Å². The van der Waals surface area contributed by atoms with Gasteiger partial charge in [0, 0.05) is 25.3 Å². The molecule has 0 spiro atoms. The average molecular weight is 344 g/mol. The molecule has 6 heteroatoms. The highest BCUT2D eigenvalue weighted by atomic mass is 16.5. The fourth-order valence-electron chi connectivity index (χ4n) is 4.59. The molecule has 2 saturated carbocycles. The number of carbonyl (C=O) groups is 1. The Morgan fingerprint density at radius 2 is 2.08 bits per heavy atom. The summed E-state index contributed by atoms with van der Waals surface area (Å²) in [5, 5.41) is 3.55. The molecule has 3 fully saturated rings. The van der Waals surface area contributed by atoms with Crippen LogP contribution >= 0.6 is 0 Å². The van der Waals surface area contributed by atoms with Crippen molar-refractivity contribution in [1.29, 1.82) is 0 Å². The zero-order valence-electron chi connectivity index (χ0n) is 15.2. The van der Waals surface area contributed by atoms with E-state index >= 15 is 0 Å². The van der Waals surface area contributed by atoms with Gasteiger partial charge in [0.25, 0.3) is 5.91 Å². The normalized spacial score (nSPS) is 28.6. The summed E-state index contributed by atoms with van der Waals surface area (Å²) in [4.78, 5) is 23.9. The molecule has 1 aromatic rings. The van der Waals surface area contributed by atoms with Gasteiger partial charge in [-0.25, -0.2) is 9.97 Å². The Balaban J connectivity index is 1.53. The lowest BCUT2D eigenvalue weighted by Gasteiger charge is -2.28. The Kier molecular flexibility index (Phi) is 4.63. The fraction of sp³-hybridized carbons (Fsp3) is 0.737. The first-order valence-corrected chi connectivity index (χ1v) is 9.62. The maximum Gasteiger partial charge on any atom is 0.257 e. The summed E-state index contributed by atoms with van der Waals surface area (Å²) in [6.45, 7) is 6.66. The van der Waals surface area contributed by atoms with E-state index in [4.69, 9.17) is 9.72 Å². The molecular formula is C19H28N4O2. The van der Waals surface area contributed by atoms with Gasteiger partial charge < -0.3 is 15.0 Å². The number of fused-ring (bicyclic) bond motifs is 2. The molecule has 2 aliphatic carbocycles. The van der Waals surface area contributed by atoms with Crippen molar-refractivity contribution in [3.63, 3.8) is 0 Å². The van der Waals surface area contributed by atoms with Gasteiger partial charge in [-0.3, -0.25) is 4.79 Å². The molecule has 4 rings (SSSR count). The van der Waals surface area contributed by atoms with Crippen molar-refractivity contribution in [3.05, 3.63) is 17.5 Å². The number of nitrogens with zero attached hydrogens (tertiary/aromatic N) is 3. The summed E-state index contributed by atoms with van der Waals surface area (Å²) >= 11 is 0. The molecular weight excluding hydrogens is 316 g/mol. The van der Waals surface area contributed by atoms with Crippen LogP contribution in [0.3, 0.4) is 0 Å². The molecule has 3 aliphatic rings. The average Bonchev–Trinajstić information content (AvgIpc) is 3.25. The molecule has 1 N–H and O–H groups in total. The summed E-state index contributed by atoms with van der Waals surface area (Å²) in [7, 11) is 0. The minimum absolute atomic E-state index is 0.0264. The second-order valence-corrected chi connectivity index (χ2v) is 7.98. The Morgan fingerprint density at radius 1 is 1.28 bits per heavy atom. The Hall–Kier alpha value is -1.69. The Labute approximate surface area is 149 Å². The van der Waals surface area contributed by atoms with Crippen molar-refractivity contribution in [3.8, 4) is 0 Å². The van der Waals surface area contributed by atoms with E-state index in [9.17, 15) is 4.79 Å². The third kappa shape index (κ3) is 3.36. The number of ether oxygens (including phenoxy) is 1. The van der Waals surface area contributed by atoms with E-state index in [0.29, 0.717) is 43.9 Å². The Morgan fingerprint density at radius 3 is 2.72 bits per heavy atom. The number of hydrogen-bond acceptors (Lipinski definition) is 5. The summed E-state index contributed by atoms with van der Waals surface area (Å²) in [6, 6.07) is 0.500. The van der Waals surface area contributed by atoms with Crippen molar-refractivity contribution >= 4 is 11.9 Å². The molecule has 2 bridgehead atoms. The van der Waals surface area contributed by atoms with E-state index in [1.165, 1.54) is 25.7 Å². The lowest BCUT2D eigenvalue weighted by atomic mass is 9.95. The predicted molar refractivity (Wildman–Crippen MR) is 95.7 cm³/mol. The van der Waals surface area contributed by atoms with E-state index in [-0.39, 0.29) is 11.8 Å². The predicted octanol–water partition coefficient (Wildman–Crippen LogP) is 2.67. The van der Waals surface area contributed by atoms with Crippen molar-refractivity contribution in [2.45, 2.75) is 51.5 Å². The van der Waals surface area contributed by atoms with Crippen LogP contribution in [0.15, 0.2) is 6.20 Å². The number of hydrogen-bond donors (Lipinski definition) is 1. The van der Waals surface area contributed by atoms with Crippen LogP contribution in [0.5, 0.6) is 0 Å². The van der Waals surface area contributed by atoms with E-state index in [1.807, 2.05) is 4.90 Å². The topological polar surface area (TPSA) is 67.4 Å². The molecule has 1 saturated heterocycles. The lowest BCUT2D eigenvalue weighted by Crippen LogP contribution is -2.41. The van der Waals surface area contributed by atoms with Crippen molar-refractivity contribution in [2.75, 3.05) is 31.6 Å². The van der Waals surface area contributed by atoms with Gasteiger partial charge in [0.15, 0.2) is 0 Å². The van der Waals surface area contributed by atoms with E-state index in [1.54, 1.807) is 6.20 Å². The van der Waals surface area contributed by atoms with Gasteiger partial charge in [-0.15, -0.1) is 0 Å². The number of rotatable bonds is 4. The van der Waals surface area contributed by atoms with Gasteiger partial charge in [-0.05, 0) is 37.0 Å². The summed E-state index contributed by atoms with van der Waals surface area (Å²) < 4.78 is 5.35. The number of nitrogens with one attached hydrogen (secondary N) is 1. The lowest BCUT2D eigenvalue weighted by molar-refractivity contribution is 0.0301. The Bertz CT molecular complexity index is 642. The number of carbonyl (C=O) groups excluding carboxylic acids is 1. The van der Waals surface area contributed by atoms with Crippen LogP contribution < -0.4 is 5.32 Å². The molecule has 2 heterocycles. The van der Waals surface area contributed by atoms with Gasteiger partial charge in [-0.2, -0.15) is 0 Å². The van der Waals surface area contributed by atoms with Gasteiger partial charge >= 0.3 is 0 Å². The van der Waals surface area contributed by atoms with E-state index in [0.717, 1.165) is 17.5 Å². The smallest absolute Gasteiger partial charge is 0.257 e. The van der Waals surface area contributed by atoms with Gasteiger partial charge in [0.05, 0.1) is 24.5 Å².